The van der Waals surface area contributed by atoms with Crippen LogP contribution in [0.3, 0.4) is 0 Å². The molecule has 0 radical (unpaired) electrons. The van der Waals surface area contributed by atoms with E-state index in [9.17, 15) is 4.79 Å². The Morgan fingerprint density at radius 1 is 1.43 bits per heavy atom. The van der Waals surface area contributed by atoms with Crippen LogP contribution < -0.4 is 0 Å². The Morgan fingerprint density at radius 2 is 2.22 bits per heavy atom. The maximum Gasteiger partial charge on any atom is 0.410 e. The van der Waals surface area contributed by atoms with E-state index in [-0.39, 0.29) is 6.09 Å². The standard InChI is InChI=1S/C18H25N3O2/c1-12-8-19-10-15-16(12)14(9-20-15)7-13-5-6-21(11-13)17(22)23-18(2,3)4/h8-10,13,20H,5-7,11H2,1-4H3/t13-/m0/s1. The Balaban J connectivity index is 1.67. The minimum atomic E-state index is -0.434. The summed E-state index contributed by atoms with van der Waals surface area (Å²) in [4.78, 5) is 21.5. The smallest absolute Gasteiger partial charge is 0.410 e. The van der Waals surface area contributed by atoms with Gasteiger partial charge in [0.1, 0.15) is 5.60 Å². The molecule has 1 aliphatic heterocycles. The number of ether oxygens (including phenoxy) is 1. The van der Waals surface area contributed by atoms with E-state index in [1.807, 2.05) is 38.1 Å². The maximum absolute atomic E-state index is 12.2. The van der Waals surface area contributed by atoms with Crippen molar-refractivity contribution in [3.8, 4) is 0 Å². The van der Waals surface area contributed by atoms with Crippen LogP contribution in [0.4, 0.5) is 4.79 Å². The molecule has 124 valence electrons. The summed E-state index contributed by atoms with van der Waals surface area (Å²) in [5, 5.41) is 1.27. The number of aromatic amines is 1. The highest BCUT2D eigenvalue weighted by atomic mass is 16.6. The van der Waals surface area contributed by atoms with Gasteiger partial charge in [-0.3, -0.25) is 4.98 Å². The summed E-state index contributed by atoms with van der Waals surface area (Å²) < 4.78 is 5.47. The third-order valence-electron chi connectivity index (χ3n) is 4.30. The molecule has 3 rings (SSSR count). The molecule has 3 heterocycles. The molecule has 0 unspecified atom stereocenters. The van der Waals surface area contributed by atoms with Crippen LogP contribution in [0.15, 0.2) is 18.6 Å². The highest BCUT2D eigenvalue weighted by Gasteiger charge is 2.30. The second-order valence-electron chi connectivity index (χ2n) is 7.48. The third kappa shape index (κ3) is 3.49. The molecular weight excluding hydrogens is 290 g/mol. The third-order valence-corrected chi connectivity index (χ3v) is 4.30. The van der Waals surface area contributed by atoms with Crippen LogP contribution in [-0.2, 0) is 11.2 Å². The number of nitrogens with one attached hydrogen (secondary N) is 1. The van der Waals surface area contributed by atoms with Crippen LogP contribution in [0.2, 0.25) is 0 Å². The largest absolute Gasteiger partial charge is 0.444 e. The van der Waals surface area contributed by atoms with E-state index in [4.69, 9.17) is 4.74 Å². The average molecular weight is 315 g/mol. The molecule has 1 fully saturated rings. The number of pyridine rings is 1. The molecule has 5 heteroatoms. The number of aromatic nitrogens is 2. The van der Waals surface area contributed by atoms with Gasteiger partial charge in [-0.05, 0) is 57.6 Å². The lowest BCUT2D eigenvalue weighted by atomic mass is 9.97. The fourth-order valence-corrected chi connectivity index (χ4v) is 3.30. The van der Waals surface area contributed by atoms with Gasteiger partial charge in [-0.15, -0.1) is 0 Å². The van der Waals surface area contributed by atoms with Crippen molar-refractivity contribution < 1.29 is 9.53 Å². The summed E-state index contributed by atoms with van der Waals surface area (Å²) in [6.45, 7) is 9.35. The topological polar surface area (TPSA) is 58.2 Å². The second-order valence-corrected chi connectivity index (χ2v) is 7.48. The molecule has 0 spiro atoms. The number of nitrogens with zero attached hydrogens (tertiary/aromatic N) is 2. The number of hydrogen-bond acceptors (Lipinski definition) is 3. The van der Waals surface area contributed by atoms with Gasteiger partial charge in [0.2, 0.25) is 0 Å². The quantitative estimate of drug-likeness (QED) is 0.920. The number of hydrogen-bond donors (Lipinski definition) is 1. The van der Waals surface area contributed by atoms with Crippen molar-refractivity contribution in [2.45, 2.75) is 46.1 Å². The second kappa shape index (κ2) is 5.87. The number of aryl methyl sites for hydroxylation is 1. The zero-order valence-electron chi connectivity index (χ0n) is 14.3. The van der Waals surface area contributed by atoms with Gasteiger partial charge in [0.05, 0.1) is 11.7 Å². The van der Waals surface area contributed by atoms with E-state index in [0.717, 1.165) is 31.4 Å². The van der Waals surface area contributed by atoms with E-state index in [0.29, 0.717) is 5.92 Å². The molecule has 1 aliphatic rings. The van der Waals surface area contributed by atoms with Gasteiger partial charge in [0, 0.05) is 30.9 Å². The van der Waals surface area contributed by atoms with Crippen molar-refractivity contribution in [3.05, 3.63) is 29.7 Å². The number of amides is 1. The van der Waals surface area contributed by atoms with Crippen molar-refractivity contribution >= 4 is 17.0 Å². The first-order valence-corrected chi connectivity index (χ1v) is 8.22. The summed E-state index contributed by atoms with van der Waals surface area (Å²) in [5.74, 6) is 0.481. The van der Waals surface area contributed by atoms with Crippen molar-refractivity contribution in [2.75, 3.05) is 13.1 Å². The lowest BCUT2D eigenvalue weighted by Crippen LogP contribution is -2.35. The molecular formula is C18H25N3O2. The molecule has 23 heavy (non-hydrogen) atoms. The van der Waals surface area contributed by atoms with Gasteiger partial charge in [-0.1, -0.05) is 0 Å². The lowest BCUT2D eigenvalue weighted by molar-refractivity contribution is 0.0288. The van der Waals surface area contributed by atoms with E-state index in [1.165, 1.54) is 16.5 Å². The fraction of sp³-hybridized carbons (Fsp3) is 0.556. The number of H-pyrrole nitrogens is 1. The number of rotatable bonds is 2. The molecule has 0 bridgehead atoms. The Morgan fingerprint density at radius 3 is 2.96 bits per heavy atom. The summed E-state index contributed by atoms with van der Waals surface area (Å²) >= 11 is 0. The number of fused-ring (bicyclic) bond motifs is 1. The van der Waals surface area contributed by atoms with E-state index in [1.54, 1.807) is 0 Å². The fourth-order valence-electron chi connectivity index (χ4n) is 3.30. The Labute approximate surface area is 137 Å². The Kier molecular flexibility index (Phi) is 4.04. The zero-order chi connectivity index (χ0) is 16.6. The summed E-state index contributed by atoms with van der Waals surface area (Å²) in [7, 11) is 0. The van der Waals surface area contributed by atoms with Crippen molar-refractivity contribution in [3.63, 3.8) is 0 Å². The van der Waals surface area contributed by atoms with Gasteiger partial charge in [-0.25, -0.2) is 4.79 Å². The molecule has 0 aliphatic carbocycles. The predicted molar refractivity (Wildman–Crippen MR) is 90.4 cm³/mol. The maximum atomic E-state index is 12.2. The highest BCUT2D eigenvalue weighted by molar-refractivity contribution is 5.85. The first-order valence-electron chi connectivity index (χ1n) is 8.22. The first-order chi connectivity index (χ1) is 10.8. The Hall–Kier alpha value is -2.04. The molecule has 5 nitrogen and oxygen atoms in total. The number of carbonyl (C=O) groups excluding carboxylic acids is 1. The normalized spacial score (nSPS) is 18.6. The van der Waals surface area contributed by atoms with Gasteiger partial charge >= 0.3 is 6.09 Å². The number of carbonyl (C=O) groups is 1. The van der Waals surface area contributed by atoms with Crippen LogP contribution in [0.1, 0.15) is 38.3 Å². The van der Waals surface area contributed by atoms with E-state index >= 15 is 0 Å². The molecule has 0 saturated carbocycles. The van der Waals surface area contributed by atoms with Gasteiger partial charge in [0.25, 0.3) is 0 Å². The van der Waals surface area contributed by atoms with Crippen molar-refractivity contribution in [1.29, 1.82) is 0 Å². The van der Waals surface area contributed by atoms with Crippen LogP contribution >= 0.6 is 0 Å². The van der Waals surface area contributed by atoms with Crippen LogP contribution in [0, 0.1) is 12.8 Å². The monoisotopic (exact) mass is 315 g/mol. The van der Waals surface area contributed by atoms with E-state index in [2.05, 4.69) is 23.1 Å². The number of likely N-dealkylation sites (tertiary alicyclic amines) is 1. The molecule has 1 atom stereocenters. The van der Waals surface area contributed by atoms with Gasteiger partial charge in [0.15, 0.2) is 0 Å². The molecule has 0 aromatic carbocycles. The van der Waals surface area contributed by atoms with Crippen molar-refractivity contribution in [2.24, 2.45) is 5.92 Å². The van der Waals surface area contributed by atoms with Crippen LogP contribution in [0.25, 0.3) is 10.9 Å². The molecule has 1 amide bonds. The first kappa shape index (κ1) is 15.8. The van der Waals surface area contributed by atoms with Gasteiger partial charge in [-0.2, -0.15) is 0 Å². The molecule has 1 saturated heterocycles. The van der Waals surface area contributed by atoms with Crippen molar-refractivity contribution in [1.82, 2.24) is 14.9 Å². The van der Waals surface area contributed by atoms with Gasteiger partial charge < -0.3 is 14.6 Å². The average Bonchev–Trinajstić information content (AvgIpc) is 3.06. The van der Waals surface area contributed by atoms with E-state index < -0.39 is 5.60 Å². The summed E-state index contributed by atoms with van der Waals surface area (Å²) in [6.07, 6.45) is 7.66. The molecule has 2 aromatic heterocycles. The Bertz CT molecular complexity index is 715. The van der Waals surface area contributed by atoms with Crippen LogP contribution in [-0.4, -0.2) is 39.7 Å². The SMILES string of the molecule is Cc1cncc2[nH]cc(C[C@@H]3CCN(C(=O)OC(C)(C)C)C3)c12. The lowest BCUT2D eigenvalue weighted by Gasteiger charge is -2.24. The summed E-state index contributed by atoms with van der Waals surface area (Å²) in [5.41, 5.74) is 3.16. The predicted octanol–water partition coefficient (Wildman–Crippen LogP) is 3.67. The highest BCUT2D eigenvalue weighted by Crippen LogP contribution is 2.27. The minimum Gasteiger partial charge on any atom is -0.444 e. The molecule has 2 aromatic rings. The summed E-state index contributed by atoms with van der Waals surface area (Å²) in [6, 6.07) is 0. The minimum absolute atomic E-state index is 0.195. The zero-order valence-corrected chi connectivity index (χ0v) is 14.3. The molecule has 1 N–H and O–H groups in total. The van der Waals surface area contributed by atoms with Crippen LogP contribution in [0.5, 0.6) is 0 Å².